The van der Waals surface area contributed by atoms with E-state index in [1.165, 1.54) is 25.7 Å². The van der Waals surface area contributed by atoms with Crippen LogP contribution in [-0.2, 0) is 6.42 Å². The van der Waals surface area contributed by atoms with Crippen LogP contribution in [-0.4, -0.2) is 17.2 Å². The summed E-state index contributed by atoms with van der Waals surface area (Å²) in [5.41, 5.74) is 1.30. The normalized spacial score (nSPS) is 24.8. The fourth-order valence-corrected chi connectivity index (χ4v) is 2.82. The Morgan fingerprint density at radius 1 is 1.38 bits per heavy atom. The Balaban J connectivity index is 2.14. The van der Waals surface area contributed by atoms with Gasteiger partial charge in [-0.15, -0.1) is 0 Å². The molecule has 0 saturated carbocycles. The first-order valence-corrected chi connectivity index (χ1v) is 6.28. The molecular formula is C14H21NO. The van der Waals surface area contributed by atoms with Crippen molar-refractivity contribution in [2.45, 2.75) is 44.6 Å². The van der Waals surface area contributed by atoms with E-state index in [0.29, 0.717) is 5.75 Å². The second kappa shape index (κ2) is 4.88. The van der Waals surface area contributed by atoms with Crippen molar-refractivity contribution in [3.05, 3.63) is 29.8 Å². The monoisotopic (exact) mass is 219 g/mol. The van der Waals surface area contributed by atoms with E-state index in [-0.39, 0.29) is 5.54 Å². The van der Waals surface area contributed by atoms with E-state index in [0.717, 1.165) is 18.5 Å². The van der Waals surface area contributed by atoms with E-state index in [1.807, 2.05) is 18.2 Å². The first-order chi connectivity index (χ1) is 7.76. The highest BCUT2D eigenvalue weighted by atomic mass is 16.3. The lowest BCUT2D eigenvalue weighted by Gasteiger charge is -2.29. The molecule has 0 amide bonds. The Hall–Kier alpha value is -1.02. The minimum Gasteiger partial charge on any atom is -0.508 e. The highest BCUT2D eigenvalue weighted by Crippen LogP contribution is 2.31. The maximum atomic E-state index is 9.83. The molecule has 2 rings (SSSR count). The van der Waals surface area contributed by atoms with Crippen molar-refractivity contribution in [3.63, 3.8) is 0 Å². The number of phenolic OH excluding ortho intramolecular Hbond substituents is 1. The molecule has 0 spiro atoms. The van der Waals surface area contributed by atoms with Crippen molar-refractivity contribution in [2.75, 3.05) is 6.54 Å². The van der Waals surface area contributed by atoms with Crippen molar-refractivity contribution in [1.29, 1.82) is 0 Å². The van der Waals surface area contributed by atoms with Crippen LogP contribution in [0.2, 0.25) is 0 Å². The van der Waals surface area contributed by atoms with Crippen molar-refractivity contribution in [1.82, 2.24) is 5.32 Å². The third-order valence-corrected chi connectivity index (χ3v) is 3.58. The van der Waals surface area contributed by atoms with E-state index in [9.17, 15) is 5.11 Å². The molecule has 0 aromatic heterocycles. The Labute approximate surface area is 97.7 Å². The van der Waals surface area contributed by atoms with Crippen molar-refractivity contribution in [2.24, 2.45) is 0 Å². The molecule has 88 valence electrons. The van der Waals surface area contributed by atoms with Gasteiger partial charge in [-0.3, -0.25) is 0 Å². The lowest BCUT2D eigenvalue weighted by atomic mass is 9.85. The van der Waals surface area contributed by atoms with Crippen LogP contribution in [0.4, 0.5) is 0 Å². The Bertz CT molecular complexity index is 342. The van der Waals surface area contributed by atoms with E-state index < -0.39 is 0 Å². The Morgan fingerprint density at radius 3 is 2.81 bits per heavy atom. The lowest BCUT2D eigenvalue weighted by Crippen LogP contribution is -2.41. The summed E-state index contributed by atoms with van der Waals surface area (Å²) in [6.45, 7) is 3.35. The minimum atomic E-state index is 0.230. The summed E-state index contributed by atoms with van der Waals surface area (Å²) >= 11 is 0. The van der Waals surface area contributed by atoms with Crippen LogP contribution in [0.25, 0.3) is 0 Å². The van der Waals surface area contributed by atoms with Gasteiger partial charge in [0.05, 0.1) is 0 Å². The summed E-state index contributed by atoms with van der Waals surface area (Å²) in [6.07, 6.45) is 5.83. The molecule has 2 N–H and O–H groups in total. The number of hydrogen-bond acceptors (Lipinski definition) is 2. The van der Waals surface area contributed by atoms with Crippen LogP contribution in [0.5, 0.6) is 5.75 Å². The van der Waals surface area contributed by atoms with Crippen LogP contribution >= 0.6 is 0 Å². The van der Waals surface area contributed by atoms with Gasteiger partial charge >= 0.3 is 0 Å². The third kappa shape index (κ3) is 2.38. The first-order valence-electron chi connectivity index (χ1n) is 6.28. The summed E-state index contributed by atoms with van der Waals surface area (Å²) in [7, 11) is 0. The van der Waals surface area contributed by atoms with Crippen LogP contribution < -0.4 is 5.32 Å². The van der Waals surface area contributed by atoms with Crippen LogP contribution in [0.3, 0.4) is 0 Å². The maximum Gasteiger partial charge on any atom is 0.118 e. The Morgan fingerprint density at radius 2 is 2.19 bits per heavy atom. The molecule has 1 heterocycles. The quantitative estimate of drug-likeness (QED) is 0.816. The van der Waals surface area contributed by atoms with Gasteiger partial charge in [-0.2, -0.15) is 0 Å². The van der Waals surface area contributed by atoms with Gasteiger partial charge in [-0.1, -0.05) is 31.5 Å². The van der Waals surface area contributed by atoms with Gasteiger partial charge in [-0.05, 0) is 43.9 Å². The largest absolute Gasteiger partial charge is 0.508 e. The number of para-hydroxylation sites is 1. The van der Waals surface area contributed by atoms with Gasteiger partial charge in [0.25, 0.3) is 0 Å². The molecule has 1 atom stereocenters. The van der Waals surface area contributed by atoms with E-state index in [4.69, 9.17) is 0 Å². The molecule has 2 heteroatoms. The Kier molecular flexibility index (Phi) is 3.49. The maximum absolute atomic E-state index is 9.83. The van der Waals surface area contributed by atoms with Gasteiger partial charge in [0, 0.05) is 5.54 Å². The highest BCUT2D eigenvalue weighted by molar-refractivity contribution is 5.33. The molecule has 1 aliphatic rings. The van der Waals surface area contributed by atoms with Crippen LogP contribution in [0, 0.1) is 0 Å². The number of aromatic hydroxyl groups is 1. The van der Waals surface area contributed by atoms with E-state index >= 15 is 0 Å². The van der Waals surface area contributed by atoms with Gasteiger partial charge < -0.3 is 10.4 Å². The predicted molar refractivity (Wildman–Crippen MR) is 66.7 cm³/mol. The molecule has 0 aliphatic carbocycles. The molecule has 1 fully saturated rings. The number of rotatable bonds is 4. The molecule has 16 heavy (non-hydrogen) atoms. The van der Waals surface area contributed by atoms with Crippen LogP contribution in [0.1, 0.15) is 38.2 Å². The summed E-state index contributed by atoms with van der Waals surface area (Å²) in [4.78, 5) is 0. The van der Waals surface area contributed by atoms with E-state index in [1.54, 1.807) is 6.07 Å². The van der Waals surface area contributed by atoms with Crippen LogP contribution in [0.15, 0.2) is 24.3 Å². The average Bonchev–Trinajstić information content (AvgIpc) is 2.71. The fourth-order valence-electron chi connectivity index (χ4n) is 2.82. The molecule has 1 saturated heterocycles. The molecule has 0 bridgehead atoms. The summed E-state index contributed by atoms with van der Waals surface area (Å²) < 4.78 is 0. The molecule has 0 radical (unpaired) electrons. The molecule has 1 aromatic rings. The molecular weight excluding hydrogens is 198 g/mol. The van der Waals surface area contributed by atoms with Gasteiger partial charge in [0.2, 0.25) is 0 Å². The number of hydrogen-bond donors (Lipinski definition) is 2. The molecule has 1 aromatic carbocycles. The number of benzene rings is 1. The van der Waals surface area contributed by atoms with Gasteiger partial charge in [-0.25, -0.2) is 0 Å². The zero-order chi connectivity index (χ0) is 11.4. The third-order valence-electron chi connectivity index (χ3n) is 3.58. The van der Waals surface area contributed by atoms with Gasteiger partial charge in [0.1, 0.15) is 5.75 Å². The molecule has 1 unspecified atom stereocenters. The van der Waals surface area contributed by atoms with Crippen molar-refractivity contribution >= 4 is 0 Å². The van der Waals surface area contributed by atoms with E-state index in [2.05, 4.69) is 12.2 Å². The average molecular weight is 219 g/mol. The minimum absolute atomic E-state index is 0.230. The zero-order valence-electron chi connectivity index (χ0n) is 10.00. The van der Waals surface area contributed by atoms with Crippen molar-refractivity contribution < 1.29 is 5.11 Å². The first kappa shape index (κ1) is 11.5. The molecule has 2 nitrogen and oxygen atoms in total. The lowest BCUT2D eigenvalue weighted by molar-refractivity contribution is 0.336. The zero-order valence-corrected chi connectivity index (χ0v) is 10.00. The van der Waals surface area contributed by atoms with Gasteiger partial charge in [0.15, 0.2) is 0 Å². The smallest absolute Gasteiger partial charge is 0.118 e. The second-order valence-electron chi connectivity index (χ2n) is 4.87. The fraction of sp³-hybridized carbons (Fsp3) is 0.571. The standard InChI is InChI=1S/C14H21NO/c1-2-8-14(9-5-10-15-14)11-12-6-3-4-7-13(12)16/h3-4,6-7,15-16H,2,5,8-11H2,1H3. The topological polar surface area (TPSA) is 32.3 Å². The summed E-state index contributed by atoms with van der Waals surface area (Å²) in [5, 5.41) is 13.5. The number of nitrogens with one attached hydrogen (secondary N) is 1. The second-order valence-corrected chi connectivity index (χ2v) is 4.87. The summed E-state index contributed by atoms with van der Waals surface area (Å²) in [5.74, 6) is 0.437. The SMILES string of the molecule is CCCC1(Cc2ccccc2O)CCCN1. The molecule has 1 aliphatic heterocycles. The highest BCUT2D eigenvalue weighted by Gasteiger charge is 2.32. The van der Waals surface area contributed by atoms with Crippen molar-refractivity contribution in [3.8, 4) is 5.75 Å². The number of phenols is 1. The summed E-state index contributed by atoms with van der Waals surface area (Å²) in [6, 6.07) is 7.70. The predicted octanol–water partition coefficient (Wildman–Crippen LogP) is 2.86.